The number of carbonyl (C=O) groups is 1. The van der Waals surface area contributed by atoms with Crippen molar-refractivity contribution in [3.8, 4) is 5.75 Å². The average molecular weight is 366 g/mol. The van der Waals surface area contributed by atoms with E-state index >= 15 is 0 Å². The number of amides is 1. The number of benzene rings is 1. The molecule has 1 aromatic heterocycles. The molecule has 0 saturated heterocycles. The minimum atomic E-state index is -0.621. The zero-order valence-electron chi connectivity index (χ0n) is 13.4. The predicted molar refractivity (Wildman–Crippen MR) is 91.9 cm³/mol. The molecular weight excluding hydrogens is 350 g/mol. The van der Waals surface area contributed by atoms with E-state index in [4.69, 9.17) is 16.3 Å². The van der Waals surface area contributed by atoms with Crippen LogP contribution in [0, 0.1) is 10.1 Å². The highest BCUT2D eigenvalue weighted by Crippen LogP contribution is 2.15. The van der Waals surface area contributed by atoms with Gasteiger partial charge < -0.3 is 9.64 Å². The number of carbonyl (C=O) groups excluding carboxylic acids is 1. The van der Waals surface area contributed by atoms with Crippen molar-refractivity contribution in [2.24, 2.45) is 0 Å². The molecule has 0 radical (unpaired) electrons. The van der Waals surface area contributed by atoms with Crippen LogP contribution in [0.3, 0.4) is 0 Å². The van der Waals surface area contributed by atoms with Crippen molar-refractivity contribution in [1.29, 1.82) is 0 Å². The van der Waals surface area contributed by atoms with Gasteiger partial charge in [0, 0.05) is 24.2 Å². The summed E-state index contributed by atoms with van der Waals surface area (Å²) < 4.78 is 6.51. The fourth-order valence-electron chi connectivity index (χ4n) is 1.97. The van der Waals surface area contributed by atoms with E-state index in [1.807, 2.05) is 0 Å². The summed E-state index contributed by atoms with van der Waals surface area (Å²) in [6, 6.07) is 8.99. The molecule has 2 rings (SSSR count). The standard InChI is InChI=1S/C16H16ClN3O5/c1-18(8-9-25-14-5-2-12(17)3-6-14)16(22)11-19-10-13(20(23)24)4-7-15(19)21/h2-7,10H,8-9,11H2,1H3. The van der Waals surface area contributed by atoms with Crippen LogP contribution in [0.15, 0.2) is 47.4 Å². The Morgan fingerprint density at radius 1 is 1.28 bits per heavy atom. The van der Waals surface area contributed by atoms with Crippen LogP contribution < -0.4 is 10.3 Å². The Bertz CT molecular complexity index is 819. The third-order valence-electron chi connectivity index (χ3n) is 3.42. The molecule has 0 aliphatic heterocycles. The maximum absolute atomic E-state index is 12.2. The third kappa shape index (κ3) is 5.32. The monoisotopic (exact) mass is 365 g/mol. The summed E-state index contributed by atoms with van der Waals surface area (Å²) in [5.41, 5.74) is -0.731. The van der Waals surface area contributed by atoms with Gasteiger partial charge in [-0.25, -0.2) is 0 Å². The second kappa shape index (κ2) is 8.29. The summed E-state index contributed by atoms with van der Waals surface area (Å²) in [6.07, 6.45) is 1.05. The lowest BCUT2D eigenvalue weighted by atomic mass is 10.3. The van der Waals surface area contributed by atoms with Gasteiger partial charge in [0.2, 0.25) is 5.91 Å². The number of likely N-dealkylation sites (N-methyl/N-ethyl adjacent to an activating group) is 1. The van der Waals surface area contributed by atoms with Crippen LogP contribution in [-0.2, 0) is 11.3 Å². The van der Waals surface area contributed by atoms with Gasteiger partial charge in [0.1, 0.15) is 18.9 Å². The number of aromatic nitrogens is 1. The van der Waals surface area contributed by atoms with Crippen LogP contribution in [0.25, 0.3) is 0 Å². The average Bonchev–Trinajstić information content (AvgIpc) is 2.58. The quantitative estimate of drug-likeness (QED) is 0.552. The van der Waals surface area contributed by atoms with Gasteiger partial charge in [0.25, 0.3) is 11.2 Å². The fourth-order valence-corrected chi connectivity index (χ4v) is 2.10. The van der Waals surface area contributed by atoms with Gasteiger partial charge in [-0.15, -0.1) is 0 Å². The maximum Gasteiger partial charge on any atom is 0.285 e. The number of ether oxygens (including phenoxy) is 1. The van der Waals surface area contributed by atoms with Crippen molar-refractivity contribution in [1.82, 2.24) is 9.47 Å². The molecule has 0 unspecified atom stereocenters. The number of pyridine rings is 1. The van der Waals surface area contributed by atoms with Crippen molar-refractivity contribution in [2.75, 3.05) is 20.2 Å². The van der Waals surface area contributed by atoms with Crippen molar-refractivity contribution in [3.63, 3.8) is 0 Å². The molecule has 0 bridgehead atoms. The molecule has 2 aromatic rings. The van der Waals surface area contributed by atoms with Crippen LogP contribution in [-0.4, -0.2) is 40.5 Å². The largest absolute Gasteiger partial charge is 0.492 e. The van der Waals surface area contributed by atoms with Crippen LogP contribution in [0.2, 0.25) is 5.02 Å². The number of nitro groups is 1. The first-order valence-electron chi connectivity index (χ1n) is 7.34. The van der Waals surface area contributed by atoms with Crippen LogP contribution in [0.4, 0.5) is 5.69 Å². The van der Waals surface area contributed by atoms with Crippen molar-refractivity contribution in [2.45, 2.75) is 6.54 Å². The Morgan fingerprint density at radius 2 is 1.96 bits per heavy atom. The SMILES string of the molecule is CN(CCOc1ccc(Cl)cc1)C(=O)Cn1cc([N+](=O)[O-])ccc1=O. The minimum absolute atomic E-state index is 0.249. The van der Waals surface area contributed by atoms with E-state index < -0.39 is 10.5 Å². The topological polar surface area (TPSA) is 94.7 Å². The zero-order chi connectivity index (χ0) is 18.4. The third-order valence-corrected chi connectivity index (χ3v) is 3.67. The lowest BCUT2D eigenvalue weighted by Gasteiger charge is -2.18. The van der Waals surface area contributed by atoms with E-state index in [1.165, 1.54) is 4.90 Å². The number of hydrogen-bond acceptors (Lipinski definition) is 5. The Morgan fingerprint density at radius 3 is 2.60 bits per heavy atom. The second-order valence-electron chi connectivity index (χ2n) is 5.23. The molecule has 0 N–H and O–H groups in total. The molecule has 0 saturated carbocycles. The maximum atomic E-state index is 12.2. The molecule has 8 nitrogen and oxygen atoms in total. The molecule has 132 valence electrons. The van der Waals surface area contributed by atoms with Gasteiger partial charge >= 0.3 is 0 Å². The highest BCUT2D eigenvalue weighted by molar-refractivity contribution is 6.30. The first-order valence-corrected chi connectivity index (χ1v) is 7.72. The van der Waals surface area contributed by atoms with Gasteiger partial charge in [-0.05, 0) is 24.3 Å². The smallest absolute Gasteiger partial charge is 0.285 e. The highest BCUT2D eigenvalue weighted by Gasteiger charge is 2.13. The van der Waals surface area contributed by atoms with Crippen molar-refractivity contribution >= 4 is 23.2 Å². The van der Waals surface area contributed by atoms with Gasteiger partial charge in [0.05, 0.1) is 17.7 Å². The molecule has 9 heteroatoms. The lowest BCUT2D eigenvalue weighted by molar-refractivity contribution is -0.385. The van der Waals surface area contributed by atoms with Crippen LogP contribution in [0.1, 0.15) is 0 Å². The zero-order valence-corrected chi connectivity index (χ0v) is 14.2. The van der Waals surface area contributed by atoms with Gasteiger partial charge in [-0.1, -0.05) is 11.6 Å². The molecule has 0 aliphatic carbocycles. The molecule has 1 aromatic carbocycles. The molecule has 1 heterocycles. The van der Waals surface area contributed by atoms with E-state index in [0.717, 1.165) is 22.9 Å². The van der Waals surface area contributed by atoms with Crippen molar-refractivity contribution < 1.29 is 14.5 Å². The Labute approximate surface area is 148 Å². The summed E-state index contributed by atoms with van der Waals surface area (Å²) >= 11 is 5.78. The molecule has 0 atom stereocenters. The van der Waals surface area contributed by atoms with Crippen LogP contribution in [0.5, 0.6) is 5.75 Å². The van der Waals surface area contributed by atoms with Crippen LogP contribution >= 0.6 is 11.6 Å². The van der Waals surface area contributed by atoms with E-state index in [1.54, 1.807) is 31.3 Å². The van der Waals surface area contributed by atoms with Gasteiger partial charge in [-0.2, -0.15) is 0 Å². The lowest BCUT2D eigenvalue weighted by Crippen LogP contribution is -2.36. The highest BCUT2D eigenvalue weighted by atomic mass is 35.5. The van der Waals surface area contributed by atoms with E-state index in [9.17, 15) is 19.7 Å². The van der Waals surface area contributed by atoms with Crippen molar-refractivity contribution in [3.05, 3.63) is 68.1 Å². The molecule has 0 spiro atoms. The van der Waals surface area contributed by atoms with E-state index in [2.05, 4.69) is 0 Å². The molecule has 0 aliphatic rings. The summed E-state index contributed by atoms with van der Waals surface area (Å²) in [5, 5.41) is 11.4. The predicted octanol–water partition coefficient (Wildman–Crippen LogP) is 1.95. The molecule has 0 fully saturated rings. The first-order chi connectivity index (χ1) is 11.9. The number of nitrogens with zero attached hydrogens (tertiary/aromatic N) is 3. The van der Waals surface area contributed by atoms with E-state index in [-0.39, 0.29) is 24.7 Å². The second-order valence-corrected chi connectivity index (χ2v) is 5.66. The normalized spacial score (nSPS) is 10.3. The summed E-state index contributed by atoms with van der Waals surface area (Å²) in [6.45, 7) is 0.275. The summed E-state index contributed by atoms with van der Waals surface area (Å²) in [4.78, 5) is 35.4. The first kappa shape index (κ1) is 18.5. The fraction of sp³-hybridized carbons (Fsp3) is 0.250. The number of hydrogen-bond donors (Lipinski definition) is 0. The Balaban J connectivity index is 1.90. The molecule has 25 heavy (non-hydrogen) atoms. The number of rotatable bonds is 7. The van der Waals surface area contributed by atoms with Gasteiger partial charge in [-0.3, -0.25) is 24.3 Å². The summed E-state index contributed by atoms with van der Waals surface area (Å²) in [7, 11) is 1.57. The van der Waals surface area contributed by atoms with E-state index in [0.29, 0.717) is 17.3 Å². The number of halogens is 1. The van der Waals surface area contributed by atoms with Gasteiger partial charge in [0.15, 0.2) is 0 Å². The Kier molecular flexibility index (Phi) is 6.13. The molecular formula is C16H16ClN3O5. The Hall–Kier alpha value is -2.87. The minimum Gasteiger partial charge on any atom is -0.492 e. The molecule has 1 amide bonds. The summed E-state index contributed by atoms with van der Waals surface area (Å²) in [5.74, 6) is 0.266.